The summed E-state index contributed by atoms with van der Waals surface area (Å²) in [5, 5.41) is 3.20. The van der Waals surface area contributed by atoms with Crippen molar-refractivity contribution in [2.75, 3.05) is 7.11 Å². The smallest absolute Gasteiger partial charge is 0.330 e. The number of nitrogens with zero attached hydrogens (tertiary/aromatic N) is 1. The van der Waals surface area contributed by atoms with Gasteiger partial charge in [0.25, 0.3) is 5.91 Å². The van der Waals surface area contributed by atoms with Crippen molar-refractivity contribution in [3.8, 4) is 11.3 Å². The van der Waals surface area contributed by atoms with Gasteiger partial charge in [0.05, 0.1) is 12.8 Å². The average molecular weight is 333 g/mol. The van der Waals surface area contributed by atoms with Crippen molar-refractivity contribution in [1.29, 1.82) is 0 Å². The first-order valence-corrected chi connectivity index (χ1v) is 7.35. The first kappa shape index (κ1) is 17.0. The molecule has 120 valence electrons. The minimum Gasteiger partial charge on any atom is -0.467 e. The van der Waals surface area contributed by atoms with Crippen LogP contribution in [0.5, 0.6) is 0 Å². The molecular formula is C17H17ClN2O3. The Kier molecular flexibility index (Phi) is 5.01. The van der Waals surface area contributed by atoms with E-state index >= 15 is 0 Å². The number of rotatable bonds is 4. The van der Waals surface area contributed by atoms with E-state index in [-0.39, 0.29) is 5.69 Å². The Hall–Kier alpha value is -2.40. The van der Waals surface area contributed by atoms with Crippen molar-refractivity contribution in [1.82, 2.24) is 10.3 Å². The fraction of sp³-hybridized carbons (Fsp3) is 0.235. The molecule has 1 aromatic heterocycles. The van der Waals surface area contributed by atoms with Gasteiger partial charge >= 0.3 is 5.97 Å². The number of esters is 1. The van der Waals surface area contributed by atoms with Gasteiger partial charge in [0.2, 0.25) is 0 Å². The third-order valence-electron chi connectivity index (χ3n) is 3.22. The average Bonchev–Trinajstić information content (AvgIpc) is 2.53. The maximum atomic E-state index is 12.3. The van der Waals surface area contributed by atoms with E-state index in [1.165, 1.54) is 7.11 Å². The molecule has 0 saturated carbocycles. The van der Waals surface area contributed by atoms with Gasteiger partial charge in [0.1, 0.15) is 11.2 Å². The lowest BCUT2D eigenvalue weighted by atomic mass is 10.1. The molecule has 0 saturated heterocycles. The van der Waals surface area contributed by atoms with Crippen LogP contribution in [-0.4, -0.2) is 29.5 Å². The molecule has 2 rings (SSSR count). The van der Waals surface area contributed by atoms with E-state index in [0.717, 1.165) is 5.56 Å². The zero-order valence-corrected chi connectivity index (χ0v) is 13.8. The van der Waals surface area contributed by atoms with Crippen molar-refractivity contribution < 1.29 is 14.3 Å². The van der Waals surface area contributed by atoms with Gasteiger partial charge in [-0.1, -0.05) is 29.8 Å². The summed E-state index contributed by atoms with van der Waals surface area (Å²) in [5.41, 5.74) is 0.495. The second kappa shape index (κ2) is 6.79. The van der Waals surface area contributed by atoms with Gasteiger partial charge in [-0.2, -0.15) is 0 Å². The number of halogens is 1. The van der Waals surface area contributed by atoms with Gasteiger partial charge < -0.3 is 10.1 Å². The van der Waals surface area contributed by atoms with E-state index in [4.69, 9.17) is 11.6 Å². The first-order chi connectivity index (χ1) is 10.8. The summed E-state index contributed by atoms with van der Waals surface area (Å²) in [7, 11) is 1.27. The maximum absolute atomic E-state index is 12.3. The lowest BCUT2D eigenvalue weighted by Gasteiger charge is -2.22. The SMILES string of the molecule is COC(=O)C(C)(C)NC(=O)c1cccc(-c2cccc(Cl)c2)n1. The Morgan fingerprint density at radius 2 is 1.87 bits per heavy atom. The molecule has 5 nitrogen and oxygen atoms in total. The summed E-state index contributed by atoms with van der Waals surface area (Å²) in [5.74, 6) is -0.985. The van der Waals surface area contributed by atoms with Crippen LogP contribution in [0.2, 0.25) is 5.02 Å². The van der Waals surface area contributed by atoms with E-state index < -0.39 is 17.4 Å². The summed E-state index contributed by atoms with van der Waals surface area (Å²) in [6, 6.07) is 12.3. The van der Waals surface area contributed by atoms with Crippen molar-refractivity contribution in [2.45, 2.75) is 19.4 Å². The second-order valence-corrected chi connectivity index (χ2v) is 5.93. The third kappa shape index (κ3) is 4.07. The zero-order chi connectivity index (χ0) is 17.0. The molecule has 0 atom stereocenters. The van der Waals surface area contributed by atoms with Crippen molar-refractivity contribution >= 4 is 23.5 Å². The number of amides is 1. The molecule has 23 heavy (non-hydrogen) atoms. The Morgan fingerprint density at radius 3 is 2.52 bits per heavy atom. The standard InChI is InChI=1S/C17H17ClN2O3/c1-17(2,16(22)23-3)20-15(21)14-9-5-8-13(19-14)11-6-4-7-12(18)10-11/h4-10H,1-3H3,(H,20,21). The van der Waals surface area contributed by atoms with Crippen LogP contribution >= 0.6 is 11.6 Å². The first-order valence-electron chi connectivity index (χ1n) is 6.97. The third-order valence-corrected chi connectivity index (χ3v) is 3.46. The van der Waals surface area contributed by atoms with E-state index in [0.29, 0.717) is 10.7 Å². The molecule has 0 aliphatic heterocycles. The normalized spacial score (nSPS) is 11.0. The molecule has 0 aliphatic rings. The van der Waals surface area contributed by atoms with Crippen LogP contribution in [0.1, 0.15) is 24.3 Å². The summed E-state index contributed by atoms with van der Waals surface area (Å²) in [4.78, 5) is 28.3. The molecule has 1 aromatic carbocycles. The minimum atomic E-state index is -1.14. The monoisotopic (exact) mass is 332 g/mol. The lowest BCUT2D eigenvalue weighted by Crippen LogP contribution is -2.50. The maximum Gasteiger partial charge on any atom is 0.330 e. The molecule has 1 amide bonds. The number of pyridine rings is 1. The predicted molar refractivity (Wildman–Crippen MR) is 88.2 cm³/mol. The number of methoxy groups -OCH3 is 1. The highest BCUT2D eigenvalue weighted by atomic mass is 35.5. The van der Waals surface area contributed by atoms with Gasteiger partial charge in [0.15, 0.2) is 0 Å². The van der Waals surface area contributed by atoms with E-state index in [2.05, 4.69) is 15.0 Å². The van der Waals surface area contributed by atoms with Crippen LogP contribution in [0, 0.1) is 0 Å². The molecule has 0 radical (unpaired) electrons. The highest BCUT2D eigenvalue weighted by molar-refractivity contribution is 6.30. The Morgan fingerprint density at radius 1 is 1.17 bits per heavy atom. The molecule has 0 aliphatic carbocycles. The van der Waals surface area contributed by atoms with E-state index in [1.807, 2.05) is 12.1 Å². The molecule has 0 bridgehead atoms. The largest absolute Gasteiger partial charge is 0.467 e. The van der Waals surface area contributed by atoms with Crippen molar-refractivity contribution in [3.05, 3.63) is 53.2 Å². The van der Waals surface area contributed by atoms with Crippen LogP contribution in [0.3, 0.4) is 0 Å². The minimum absolute atomic E-state index is 0.208. The molecule has 0 unspecified atom stereocenters. The number of carbonyl (C=O) groups is 2. The molecular weight excluding hydrogens is 316 g/mol. The van der Waals surface area contributed by atoms with Crippen LogP contribution in [0.25, 0.3) is 11.3 Å². The van der Waals surface area contributed by atoms with Gasteiger partial charge in [-0.15, -0.1) is 0 Å². The molecule has 1 heterocycles. The van der Waals surface area contributed by atoms with Crippen LogP contribution < -0.4 is 5.32 Å². The molecule has 0 spiro atoms. The lowest BCUT2D eigenvalue weighted by molar-refractivity contribution is -0.146. The fourth-order valence-corrected chi connectivity index (χ4v) is 2.21. The number of carbonyl (C=O) groups excluding carboxylic acids is 2. The summed E-state index contributed by atoms with van der Waals surface area (Å²) in [6.45, 7) is 3.13. The quantitative estimate of drug-likeness (QED) is 0.874. The second-order valence-electron chi connectivity index (χ2n) is 5.49. The zero-order valence-electron chi connectivity index (χ0n) is 13.1. The highest BCUT2D eigenvalue weighted by Gasteiger charge is 2.31. The Bertz CT molecular complexity index is 744. The van der Waals surface area contributed by atoms with Crippen molar-refractivity contribution in [2.24, 2.45) is 0 Å². The predicted octanol–water partition coefficient (Wildman–Crippen LogP) is 3.08. The summed E-state index contributed by atoms with van der Waals surface area (Å²) < 4.78 is 4.67. The van der Waals surface area contributed by atoms with Gasteiger partial charge in [0, 0.05) is 10.6 Å². The summed E-state index contributed by atoms with van der Waals surface area (Å²) in [6.07, 6.45) is 0. The summed E-state index contributed by atoms with van der Waals surface area (Å²) >= 11 is 5.98. The Labute approximate surface area is 139 Å². The van der Waals surface area contributed by atoms with Gasteiger partial charge in [-0.3, -0.25) is 4.79 Å². The molecule has 0 fully saturated rings. The number of hydrogen-bond donors (Lipinski definition) is 1. The molecule has 2 aromatic rings. The van der Waals surface area contributed by atoms with Crippen LogP contribution in [-0.2, 0) is 9.53 Å². The highest BCUT2D eigenvalue weighted by Crippen LogP contribution is 2.21. The Balaban J connectivity index is 2.26. The fourth-order valence-electron chi connectivity index (χ4n) is 2.02. The number of hydrogen-bond acceptors (Lipinski definition) is 4. The van der Waals surface area contributed by atoms with Gasteiger partial charge in [-0.25, -0.2) is 9.78 Å². The molecule has 1 N–H and O–H groups in total. The van der Waals surface area contributed by atoms with Crippen LogP contribution in [0.4, 0.5) is 0 Å². The topological polar surface area (TPSA) is 68.3 Å². The van der Waals surface area contributed by atoms with Crippen molar-refractivity contribution in [3.63, 3.8) is 0 Å². The number of ether oxygens (including phenoxy) is 1. The van der Waals surface area contributed by atoms with E-state index in [1.54, 1.807) is 44.2 Å². The van der Waals surface area contributed by atoms with Crippen LogP contribution in [0.15, 0.2) is 42.5 Å². The van der Waals surface area contributed by atoms with Gasteiger partial charge in [-0.05, 0) is 38.1 Å². The molecule has 6 heteroatoms. The number of benzene rings is 1. The number of aromatic nitrogens is 1. The van der Waals surface area contributed by atoms with E-state index in [9.17, 15) is 9.59 Å². The number of nitrogens with one attached hydrogen (secondary N) is 1.